The van der Waals surface area contributed by atoms with Crippen molar-refractivity contribution < 1.29 is 18.3 Å². The highest BCUT2D eigenvalue weighted by Crippen LogP contribution is 2.40. The second-order valence-electron chi connectivity index (χ2n) is 9.42. The topological polar surface area (TPSA) is 112 Å². The van der Waals surface area contributed by atoms with Crippen molar-refractivity contribution in [2.24, 2.45) is 18.9 Å². The zero-order valence-corrected chi connectivity index (χ0v) is 22.1. The number of amides is 1. The fourth-order valence-corrected chi connectivity index (χ4v) is 4.71. The van der Waals surface area contributed by atoms with Gasteiger partial charge in [0.25, 0.3) is 17.4 Å². The van der Waals surface area contributed by atoms with Gasteiger partial charge in [-0.05, 0) is 30.3 Å². The summed E-state index contributed by atoms with van der Waals surface area (Å²) in [5, 5.41) is 16.1. The highest BCUT2D eigenvalue weighted by molar-refractivity contribution is 6.33. The summed E-state index contributed by atoms with van der Waals surface area (Å²) in [6, 6.07) is 10.3. The predicted molar refractivity (Wildman–Crippen MR) is 141 cm³/mol. The van der Waals surface area contributed by atoms with Crippen molar-refractivity contribution in [2.45, 2.75) is 19.8 Å². The molecule has 3 heterocycles. The molecule has 38 heavy (non-hydrogen) atoms. The van der Waals surface area contributed by atoms with Crippen LogP contribution in [0.25, 0.3) is 10.9 Å². The Kier molecular flexibility index (Phi) is 7.47. The molecule has 1 aliphatic rings. The van der Waals surface area contributed by atoms with Crippen LogP contribution in [0.15, 0.2) is 35.1 Å². The Labute approximate surface area is 223 Å². The first kappa shape index (κ1) is 27.1. The molecule has 1 aliphatic heterocycles. The minimum absolute atomic E-state index is 0.0164. The van der Waals surface area contributed by atoms with E-state index in [2.05, 4.69) is 21.7 Å². The van der Waals surface area contributed by atoms with E-state index in [0.717, 1.165) is 0 Å². The van der Waals surface area contributed by atoms with Gasteiger partial charge in [0.15, 0.2) is 18.2 Å². The number of pyridine rings is 2. The molecule has 9 nitrogen and oxygen atoms in total. The summed E-state index contributed by atoms with van der Waals surface area (Å²) in [6.07, 6.45) is 0. The van der Waals surface area contributed by atoms with Crippen LogP contribution in [0, 0.1) is 23.2 Å². The first-order chi connectivity index (χ1) is 18.0. The number of nitrogens with zero attached hydrogens (tertiary/aromatic N) is 4. The Bertz CT molecular complexity index is 1490. The fraction of sp³-hybridized carbons (Fsp3) is 0.385. The van der Waals surface area contributed by atoms with Gasteiger partial charge in [0, 0.05) is 50.1 Å². The number of benzene rings is 1. The average molecular weight is 545 g/mol. The van der Waals surface area contributed by atoms with Crippen LogP contribution in [0.2, 0.25) is 5.02 Å². The SMILES string of the molecule is CNC(=O)COc1cc2cc(Nc3nc(N4C[C@@H](C)C(F)(F)[C@@H](C)C4)c(C#N)cc3Cl)ccc2n(C)c1=O. The normalized spacial score (nSPS) is 18.6. The van der Waals surface area contributed by atoms with Crippen LogP contribution in [0.5, 0.6) is 5.75 Å². The smallest absolute Gasteiger partial charge is 0.293 e. The van der Waals surface area contributed by atoms with Crippen LogP contribution in [-0.4, -0.2) is 48.1 Å². The highest BCUT2D eigenvalue weighted by Gasteiger charge is 2.47. The molecular weight excluding hydrogens is 518 g/mol. The minimum Gasteiger partial charge on any atom is -0.478 e. The van der Waals surface area contributed by atoms with E-state index in [1.165, 1.54) is 31.5 Å². The molecule has 200 valence electrons. The summed E-state index contributed by atoms with van der Waals surface area (Å²) in [7, 11) is 3.07. The maximum Gasteiger partial charge on any atom is 0.293 e. The molecule has 0 radical (unpaired) electrons. The van der Waals surface area contributed by atoms with Crippen LogP contribution in [-0.2, 0) is 11.8 Å². The van der Waals surface area contributed by atoms with E-state index in [9.17, 15) is 23.6 Å². The van der Waals surface area contributed by atoms with Gasteiger partial charge in [-0.15, -0.1) is 0 Å². The number of likely N-dealkylation sites (N-methyl/N-ethyl adjacent to an activating group) is 1. The van der Waals surface area contributed by atoms with Gasteiger partial charge in [0.1, 0.15) is 11.9 Å². The number of piperidine rings is 1. The number of fused-ring (bicyclic) bond motifs is 1. The molecule has 0 spiro atoms. The van der Waals surface area contributed by atoms with Crippen LogP contribution >= 0.6 is 11.6 Å². The van der Waals surface area contributed by atoms with Crippen LogP contribution in [0.4, 0.5) is 26.1 Å². The first-order valence-corrected chi connectivity index (χ1v) is 12.3. The van der Waals surface area contributed by atoms with Crippen molar-refractivity contribution in [3.63, 3.8) is 0 Å². The summed E-state index contributed by atoms with van der Waals surface area (Å²) in [6.45, 7) is 2.76. The third kappa shape index (κ3) is 5.09. The van der Waals surface area contributed by atoms with Gasteiger partial charge in [-0.3, -0.25) is 9.59 Å². The quantitative estimate of drug-likeness (QED) is 0.481. The molecule has 12 heteroatoms. The molecule has 4 rings (SSSR count). The lowest BCUT2D eigenvalue weighted by Gasteiger charge is -2.42. The summed E-state index contributed by atoms with van der Waals surface area (Å²) in [5.74, 6) is -4.48. The van der Waals surface area contributed by atoms with Crippen LogP contribution in [0.1, 0.15) is 19.4 Å². The number of carbonyl (C=O) groups is 1. The molecule has 2 atom stereocenters. The van der Waals surface area contributed by atoms with E-state index in [4.69, 9.17) is 16.3 Å². The average Bonchev–Trinajstić information content (AvgIpc) is 2.89. The fourth-order valence-electron chi connectivity index (χ4n) is 4.51. The monoisotopic (exact) mass is 544 g/mol. The summed E-state index contributed by atoms with van der Waals surface area (Å²) >= 11 is 6.43. The molecule has 2 N–H and O–H groups in total. The van der Waals surface area contributed by atoms with E-state index in [-0.39, 0.29) is 59.1 Å². The lowest BCUT2D eigenvalue weighted by Crippen LogP contribution is -2.52. The van der Waals surface area contributed by atoms with Gasteiger partial charge < -0.3 is 24.8 Å². The Morgan fingerprint density at radius 2 is 1.95 bits per heavy atom. The van der Waals surface area contributed by atoms with Crippen molar-refractivity contribution in [1.82, 2.24) is 14.9 Å². The Morgan fingerprint density at radius 1 is 1.26 bits per heavy atom. The number of nitrogens with one attached hydrogen (secondary N) is 2. The number of alkyl halides is 2. The number of aryl methyl sites for hydroxylation is 1. The number of rotatable bonds is 6. The highest BCUT2D eigenvalue weighted by atomic mass is 35.5. The molecule has 3 aromatic rings. The second-order valence-corrected chi connectivity index (χ2v) is 9.82. The van der Waals surface area contributed by atoms with Gasteiger partial charge in [0.05, 0.1) is 16.1 Å². The Balaban J connectivity index is 1.68. The van der Waals surface area contributed by atoms with Crippen molar-refractivity contribution >= 4 is 45.7 Å². The lowest BCUT2D eigenvalue weighted by molar-refractivity contribution is -0.122. The van der Waals surface area contributed by atoms with E-state index >= 15 is 0 Å². The lowest BCUT2D eigenvalue weighted by atomic mass is 9.87. The molecule has 1 saturated heterocycles. The van der Waals surface area contributed by atoms with Gasteiger partial charge in [-0.1, -0.05) is 25.4 Å². The molecular formula is C26H27ClF2N6O3. The van der Waals surface area contributed by atoms with Crippen molar-refractivity contribution in [1.29, 1.82) is 5.26 Å². The van der Waals surface area contributed by atoms with Crippen molar-refractivity contribution in [3.05, 3.63) is 51.3 Å². The maximum atomic E-state index is 14.4. The number of nitriles is 1. The number of halogens is 3. The molecule has 0 saturated carbocycles. The van der Waals surface area contributed by atoms with E-state index in [1.54, 1.807) is 36.2 Å². The van der Waals surface area contributed by atoms with Crippen LogP contribution < -0.4 is 25.8 Å². The van der Waals surface area contributed by atoms with Crippen LogP contribution in [0.3, 0.4) is 0 Å². The molecule has 1 fully saturated rings. The third-order valence-corrected chi connectivity index (χ3v) is 7.06. The zero-order chi connectivity index (χ0) is 27.8. The molecule has 1 aromatic carbocycles. The van der Waals surface area contributed by atoms with Gasteiger partial charge in [-0.2, -0.15) is 5.26 Å². The van der Waals surface area contributed by atoms with E-state index in [1.807, 2.05) is 0 Å². The number of hydrogen-bond donors (Lipinski definition) is 2. The Hall–Kier alpha value is -3.91. The largest absolute Gasteiger partial charge is 0.478 e. The first-order valence-electron chi connectivity index (χ1n) is 11.9. The Morgan fingerprint density at radius 3 is 2.58 bits per heavy atom. The van der Waals surface area contributed by atoms with Gasteiger partial charge >= 0.3 is 0 Å². The number of hydrogen-bond acceptors (Lipinski definition) is 7. The standard InChI is InChI=1S/C26H27ClF2N6O3/c1-14-11-35(12-15(2)26(14,28)29)24-17(10-30)8-19(27)23(33-24)32-18-5-6-20-16(7-18)9-21(25(37)34(20)4)38-13-22(36)31-3/h5-9,14-15H,11-13H2,1-4H3,(H,31,36)(H,32,33)/t14-,15+. The molecule has 0 bridgehead atoms. The predicted octanol–water partition coefficient (Wildman–Crippen LogP) is 4.05. The van der Waals surface area contributed by atoms with Gasteiger partial charge in [0.2, 0.25) is 0 Å². The second kappa shape index (κ2) is 10.5. The number of anilines is 3. The van der Waals surface area contributed by atoms with Crippen molar-refractivity contribution in [3.8, 4) is 11.8 Å². The van der Waals surface area contributed by atoms with Crippen molar-refractivity contribution in [2.75, 3.05) is 37.0 Å². The number of aromatic nitrogens is 2. The molecule has 0 unspecified atom stereocenters. The molecule has 0 aliphatic carbocycles. The van der Waals surface area contributed by atoms with E-state index in [0.29, 0.717) is 16.6 Å². The number of ether oxygens (including phenoxy) is 1. The maximum absolute atomic E-state index is 14.4. The molecule has 2 aromatic heterocycles. The number of carbonyl (C=O) groups excluding carboxylic acids is 1. The van der Waals surface area contributed by atoms with Gasteiger partial charge in [-0.25, -0.2) is 13.8 Å². The minimum atomic E-state index is -2.81. The molecule has 1 amide bonds. The summed E-state index contributed by atoms with van der Waals surface area (Å²) in [5.41, 5.74) is 1.01. The summed E-state index contributed by atoms with van der Waals surface area (Å²) < 4.78 is 35.6. The van der Waals surface area contributed by atoms with E-state index < -0.39 is 17.8 Å². The third-order valence-electron chi connectivity index (χ3n) is 6.77. The summed E-state index contributed by atoms with van der Waals surface area (Å²) in [4.78, 5) is 30.4. The zero-order valence-electron chi connectivity index (χ0n) is 21.3.